The molecule has 1 amide bonds. The van der Waals surface area contributed by atoms with E-state index in [-0.39, 0.29) is 6.10 Å². The number of hydrogen-bond acceptors (Lipinski definition) is 8. The largest absolute Gasteiger partial charge is 0.427 e. The molecule has 7 rings (SSSR count). The molecule has 0 radical (unpaired) electrons. The lowest BCUT2D eigenvalue weighted by Crippen LogP contribution is -2.53. The van der Waals surface area contributed by atoms with E-state index in [4.69, 9.17) is 36.1 Å². The molecule has 4 heterocycles. The number of aromatic nitrogens is 4. The average molecular weight is 566 g/mol. The number of morpholine rings is 1. The van der Waals surface area contributed by atoms with E-state index >= 15 is 0 Å². The van der Waals surface area contributed by atoms with E-state index in [1.54, 1.807) is 0 Å². The minimum Gasteiger partial charge on any atom is -0.374 e. The van der Waals surface area contributed by atoms with Gasteiger partial charge in [-0.3, -0.25) is 5.32 Å². The van der Waals surface area contributed by atoms with Gasteiger partial charge in [0.1, 0.15) is 11.2 Å². The van der Waals surface area contributed by atoms with Crippen LogP contribution in [0, 0.1) is 11.8 Å². The summed E-state index contributed by atoms with van der Waals surface area (Å²) in [5.41, 5.74) is 5.85. The number of hydroxylamine groups is 1. The Labute approximate surface area is 238 Å². The molecule has 2 aliphatic carbocycles. The van der Waals surface area contributed by atoms with Crippen molar-refractivity contribution in [1.29, 1.82) is 0 Å². The molecule has 3 unspecified atom stereocenters. The van der Waals surface area contributed by atoms with Crippen LogP contribution in [-0.4, -0.2) is 50.9 Å². The van der Waals surface area contributed by atoms with Crippen molar-refractivity contribution in [2.24, 2.45) is 11.8 Å². The third-order valence-corrected chi connectivity index (χ3v) is 9.29. The zero-order valence-electron chi connectivity index (χ0n) is 22.8. The van der Waals surface area contributed by atoms with Gasteiger partial charge in [0.2, 0.25) is 5.95 Å². The highest BCUT2D eigenvalue weighted by Gasteiger charge is 2.38. The summed E-state index contributed by atoms with van der Waals surface area (Å²) >= 11 is 6.47. The normalized spacial score (nSPS) is 28.8. The van der Waals surface area contributed by atoms with E-state index < -0.39 is 12.3 Å². The topological polar surface area (TPSA) is 106 Å². The van der Waals surface area contributed by atoms with Crippen molar-refractivity contribution in [3.05, 3.63) is 35.1 Å². The first-order chi connectivity index (χ1) is 19.5. The number of benzene rings is 1. The molecule has 4 aliphatic rings. The summed E-state index contributed by atoms with van der Waals surface area (Å²) in [5, 5.41) is 3.36. The predicted octanol–water partition coefficient (Wildman–Crippen LogP) is 5.36. The second-order valence-electron chi connectivity index (χ2n) is 11.8. The van der Waals surface area contributed by atoms with Crippen LogP contribution in [0.4, 0.5) is 10.7 Å². The quantitative estimate of drug-likeness (QED) is 0.425. The molecular weight excluding hydrogens is 530 g/mol. The lowest BCUT2D eigenvalue weighted by Gasteiger charge is -2.44. The molecule has 3 aromatic rings. The first kappa shape index (κ1) is 26.0. The lowest BCUT2D eigenvalue weighted by atomic mass is 9.83. The Hall–Kier alpha value is -2.95. The number of amides is 1. The van der Waals surface area contributed by atoms with Crippen molar-refractivity contribution in [1.82, 2.24) is 30.3 Å². The molecule has 40 heavy (non-hydrogen) atoms. The predicted molar refractivity (Wildman–Crippen MR) is 152 cm³/mol. The number of carbonyl (C=O) groups is 1. The Bertz CT molecular complexity index is 1400. The van der Waals surface area contributed by atoms with E-state index in [0.717, 1.165) is 54.6 Å². The summed E-state index contributed by atoms with van der Waals surface area (Å²) in [6.45, 7) is 4.72. The van der Waals surface area contributed by atoms with Crippen LogP contribution >= 0.6 is 11.6 Å². The number of carbonyl (C=O) groups excluding carboxylic acids is 1. The highest BCUT2D eigenvalue weighted by atomic mass is 35.5. The van der Waals surface area contributed by atoms with Gasteiger partial charge in [0.25, 0.3) is 0 Å². The van der Waals surface area contributed by atoms with Gasteiger partial charge in [0.05, 0.1) is 18.8 Å². The van der Waals surface area contributed by atoms with Crippen molar-refractivity contribution in [2.45, 2.75) is 83.1 Å². The average Bonchev–Trinajstić information content (AvgIpc) is 3.57. The van der Waals surface area contributed by atoms with Crippen molar-refractivity contribution in [2.75, 3.05) is 18.1 Å². The number of nitrogens with zero attached hydrogens (tertiary/aromatic N) is 5. The van der Waals surface area contributed by atoms with Gasteiger partial charge < -0.3 is 19.0 Å². The number of ether oxygens (including phenoxy) is 1. The number of imidazole rings is 1. The third kappa shape index (κ3) is 4.90. The van der Waals surface area contributed by atoms with Crippen molar-refractivity contribution < 1.29 is 14.4 Å². The Balaban J connectivity index is 1.41. The van der Waals surface area contributed by atoms with Crippen molar-refractivity contribution in [3.63, 3.8) is 0 Å². The minimum atomic E-state index is -0.672. The standard InChI is InChI=1S/C29H36ClN7O3/c1-17-9-11-18(12-10-17)16-37-24-23(19-5-4-6-20(30)15-19)31-26(27-34-29(38)40-35-27)32-25(24)33-28(37)36-13-14-39-22-8-3-2-7-21(22)36/h4-6,15,17-18,21-22,27,35H,2-3,7-14,16H2,1H3,(H,34,38). The highest BCUT2D eigenvalue weighted by molar-refractivity contribution is 6.30. The summed E-state index contributed by atoms with van der Waals surface area (Å²) in [6.07, 6.45) is 8.51. The van der Waals surface area contributed by atoms with Gasteiger partial charge in [-0.15, -0.1) is 5.48 Å². The van der Waals surface area contributed by atoms with E-state index in [0.29, 0.717) is 35.1 Å². The van der Waals surface area contributed by atoms with Gasteiger partial charge in [0.15, 0.2) is 17.6 Å². The third-order valence-electron chi connectivity index (χ3n) is 9.05. The molecule has 2 saturated heterocycles. The molecule has 3 atom stereocenters. The van der Waals surface area contributed by atoms with Crippen LogP contribution in [0.5, 0.6) is 0 Å². The fourth-order valence-corrected chi connectivity index (χ4v) is 7.11. The first-order valence-corrected chi connectivity index (χ1v) is 15.1. The smallest absolute Gasteiger partial charge is 0.374 e. The molecule has 2 saturated carbocycles. The summed E-state index contributed by atoms with van der Waals surface area (Å²) in [7, 11) is 0. The molecule has 2 aromatic heterocycles. The number of hydrogen-bond donors (Lipinski definition) is 2. The number of halogens is 1. The minimum absolute atomic E-state index is 0.232. The van der Waals surface area contributed by atoms with Crippen molar-refractivity contribution >= 4 is 34.8 Å². The fourth-order valence-electron chi connectivity index (χ4n) is 6.92. The van der Waals surface area contributed by atoms with Gasteiger partial charge in [-0.1, -0.05) is 56.3 Å². The Kier molecular flexibility index (Phi) is 7.01. The number of nitrogens with one attached hydrogen (secondary N) is 2. The molecule has 2 N–H and O–H groups in total. The van der Waals surface area contributed by atoms with Crippen molar-refractivity contribution in [3.8, 4) is 11.3 Å². The Morgan fingerprint density at radius 3 is 2.73 bits per heavy atom. The Morgan fingerprint density at radius 1 is 1.07 bits per heavy atom. The van der Waals surface area contributed by atoms with Crippen LogP contribution < -0.4 is 15.7 Å². The lowest BCUT2D eigenvalue weighted by molar-refractivity contribution is -0.00958. The zero-order chi connectivity index (χ0) is 27.2. The number of anilines is 1. The van der Waals surface area contributed by atoms with Crippen LogP contribution in [0.3, 0.4) is 0 Å². The summed E-state index contributed by atoms with van der Waals surface area (Å²) in [5.74, 6) is 2.69. The zero-order valence-corrected chi connectivity index (χ0v) is 23.6. The van der Waals surface area contributed by atoms with Crippen LogP contribution in [0.15, 0.2) is 24.3 Å². The summed E-state index contributed by atoms with van der Waals surface area (Å²) in [6, 6.07) is 8.04. The molecule has 11 heteroatoms. The number of fused-ring (bicyclic) bond motifs is 2. The molecule has 0 spiro atoms. The van der Waals surface area contributed by atoms with E-state index in [9.17, 15) is 4.79 Å². The fraction of sp³-hybridized carbons (Fsp3) is 0.586. The van der Waals surface area contributed by atoms with Gasteiger partial charge in [0, 0.05) is 23.7 Å². The molecule has 0 bridgehead atoms. The van der Waals surface area contributed by atoms with E-state index in [1.807, 2.05) is 24.3 Å². The highest BCUT2D eigenvalue weighted by Crippen LogP contribution is 2.38. The van der Waals surface area contributed by atoms with Gasteiger partial charge in [-0.25, -0.2) is 14.8 Å². The molecule has 212 valence electrons. The van der Waals surface area contributed by atoms with Gasteiger partial charge >= 0.3 is 6.09 Å². The first-order valence-electron chi connectivity index (χ1n) is 14.7. The summed E-state index contributed by atoms with van der Waals surface area (Å²) < 4.78 is 8.61. The van der Waals surface area contributed by atoms with E-state index in [2.05, 4.69) is 27.2 Å². The van der Waals surface area contributed by atoms with Crippen LogP contribution in [0.25, 0.3) is 22.4 Å². The molecule has 2 aliphatic heterocycles. The van der Waals surface area contributed by atoms with E-state index in [1.165, 1.54) is 38.5 Å². The second kappa shape index (κ2) is 10.8. The van der Waals surface area contributed by atoms with Crippen LogP contribution in [0.1, 0.15) is 70.3 Å². The van der Waals surface area contributed by atoms with Crippen LogP contribution in [-0.2, 0) is 16.1 Å². The maximum atomic E-state index is 11.8. The summed E-state index contributed by atoms with van der Waals surface area (Å²) in [4.78, 5) is 34.4. The Morgan fingerprint density at radius 2 is 1.93 bits per heavy atom. The maximum Gasteiger partial charge on any atom is 0.427 e. The van der Waals surface area contributed by atoms with Gasteiger partial charge in [-0.2, -0.15) is 4.98 Å². The molecule has 10 nitrogen and oxygen atoms in total. The SMILES string of the molecule is CC1CCC(Cn2c(N3CCOC4CCCCC43)nc3nc(C4NOC(=O)N4)nc(-c4cccc(Cl)c4)c32)CC1. The monoisotopic (exact) mass is 565 g/mol. The second-order valence-corrected chi connectivity index (χ2v) is 12.2. The molecule has 4 fully saturated rings. The molecular formula is C29H36ClN7O3. The molecule has 1 aromatic carbocycles. The van der Waals surface area contributed by atoms with Crippen LogP contribution in [0.2, 0.25) is 5.02 Å². The van der Waals surface area contributed by atoms with Gasteiger partial charge in [-0.05, 0) is 49.7 Å². The maximum absolute atomic E-state index is 11.8. The number of rotatable bonds is 5.